The molecule has 1 aromatic carbocycles. The van der Waals surface area contributed by atoms with Crippen LogP contribution in [0.2, 0.25) is 0 Å². The molecule has 5 rings (SSSR count). The number of carbonyl (C=O) groups is 4. The molecule has 1 heterocycles. The highest BCUT2D eigenvalue weighted by Crippen LogP contribution is 2.56. The molecule has 1 aromatic heterocycles. The Bertz CT molecular complexity index is 1650. The number of benzene rings is 1. The number of likely N-dealkylation sites (N-methyl/N-ethyl adjacent to an activating group) is 1. The van der Waals surface area contributed by atoms with E-state index in [0.717, 1.165) is 11.3 Å². The van der Waals surface area contributed by atoms with Gasteiger partial charge in [0.15, 0.2) is 28.0 Å². The van der Waals surface area contributed by atoms with E-state index in [0.29, 0.717) is 5.56 Å². The van der Waals surface area contributed by atoms with Crippen LogP contribution in [0.1, 0.15) is 46.2 Å². The Morgan fingerprint density at radius 2 is 1.88 bits per heavy atom. The van der Waals surface area contributed by atoms with Crippen LogP contribution in [0.4, 0.5) is 10.8 Å². The van der Waals surface area contributed by atoms with E-state index in [1.807, 2.05) is 0 Å². The number of aliphatic hydroxyl groups is 4. The fraction of sp³-hybridized carbons (Fsp3) is 0.393. The molecule has 6 atom stereocenters. The first kappa shape index (κ1) is 30.2. The van der Waals surface area contributed by atoms with Gasteiger partial charge in [-0.2, -0.15) is 0 Å². The van der Waals surface area contributed by atoms with Gasteiger partial charge in [-0.15, -0.1) is 11.3 Å². The standard InChI is InChI=1S/C28H30N4O10S/c1-5-42-26(40)12-8-43-27(31-12)30-11-7-6-10-9(2)13-15(20(34)14(10)19(11)33)23(37)28(41)17(21(13)35)18(32(3)4)22(36)16(24(28)38)25(29)39/h6-9,13,17-18,21,33,35-37,41H,5H2,1-4H3,(H2,29,39)(H,30,31)/t9-,13+,17+,18-,21-,28-/m0/s1. The lowest BCUT2D eigenvalue weighted by atomic mass is 9.55. The molecule has 1 amide bonds. The Morgan fingerprint density at radius 3 is 2.49 bits per heavy atom. The molecule has 0 saturated carbocycles. The highest BCUT2D eigenvalue weighted by atomic mass is 32.1. The lowest BCUT2D eigenvalue weighted by Gasteiger charge is -2.53. The molecule has 0 aliphatic heterocycles. The van der Waals surface area contributed by atoms with Crippen molar-refractivity contribution in [2.75, 3.05) is 26.0 Å². The monoisotopic (exact) mass is 614 g/mol. The van der Waals surface area contributed by atoms with Crippen molar-refractivity contribution in [1.82, 2.24) is 9.88 Å². The number of carbonyl (C=O) groups excluding carboxylic acids is 4. The number of phenolic OH excluding ortho intramolecular Hbond substituents is 1. The molecule has 2 aromatic rings. The second kappa shape index (κ2) is 10.4. The van der Waals surface area contributed by atoms with Crippen LogP contribution < -0.4 is 11.1 Å². The zero-order chi connectivity index (χ0) is 31.7. The van der Waals surface area contributed by atoms with Gasteiger partial charge in [0, 0.05) is 16.9 Å². The number of nitrogens with two attached hydrogens (primary N) is 1. The van der Waals surface area contributed by atoms with E-state index in [1.54, 1.807) is 19.9 Å². The van der Waals surface area contributed by atoms with Gasteiger partial charge < -0.3 is 41.3 Å². The maximum absolute atomic E-state index is 14.0. The highest BCUT2D eigenvalue weighted by Gasteiger charge is 2.67. The zero-order valence-electron chi connectivity index (χ0n) is 23.5. The number of primary amides is 1. The van der Waals surface area contributed by atoms with Gasteiger partial charge in [0.05, 0.1) is 35.9 Å². The number of amides is 1. The second-order valence-corrected chi connectivity index (χ2v) is 11.7. The predicted molar refractivity (Wildman–Crippen MR) is 151 cm³/mol. The summed E-state index contributed by atoms with van der Waals surface area (Å²) >= 11 is 1.04. The van der Waals surface area contributed by atoms with Gasteiger partial charge in [-0.05, 0) is 38.6 Å². The van der Waals surface area contributed by atoms with Gasteiger partial charge in [0.25, 0.3) is 5.91 Å². The fourth-order valence-electron chi connectivity index (χ4n) is 6.47. The van der Waals surface area contributed by atoms with Crippen molar-refractivity contribution in [2.45, 2.75) is 37.5 Å². The summed E-state index contributed by atoms with van der Waals surface area (Å²) in [5.74, 6) is -10.4. The number of nitrogens with one attached hydrogen (secondary N) is 1. The van der Waals surface area contributed by atoms with Gasteiger partial charge in [0.1, 0.15) is 17.1 Å². The van der Waals surface area contributed by atoms with Crippen LogP contribution in [0.25, 0.3) is 0 Å². The van der Waals surface area contributed by atoms with Gasteiger partial charge >= 0.3 is 5.97 Å². The van der Waals surface area contributed by atoms with Crippen molar-refractivity contribution in [1.29, 1.82) is 0 Å². The smallest absolute Gasteiger partial charge is 0.357 e. The van der Waals surface area contributed by atoms with Crippen LogP contribution >= 0.6 is 11.3 Å². The Labute approximate surface area is 248 Å². The van der Waals surface area contributed by atoms with Crippen molar-refractivity contribution in [2.24, 2.45) is 17.6 Å². The van der Waals surface area contributed by atoms with Crippen LogP contribution in [0.15, 0.2) is 40.2 Å². The third kappa shape index (κ3) is 4.22. The average molecular weight is 615 g/mol. The first-order valence-electron chi connectivity index (χ1n) is 13.3. The van der Waals surface area contributed by atoms with Crippen molar-refractivity contribution in [3.05, 3.63) is 57.0 Å². The third-order valence-electron chi connectivity index (χ3n) is 8.36. The first-order chi connectivity index (χ1) is 20.2. The number of Topliss-reactive ketones (excluding diaryl/α,β-unsaturated/α-hetero) is 2. The summed E-state index contributed by atoms with van der Waals surface area (Å²) in [6, 6.07) is 1.67. The van der Waals surface area contributed by atoms with Crippen molar-refractivity contribution in [3.8, 4) is 5.75 Å². The number of anilines is 2. The van der Waals surface area contributed by atoms with E-state index >= 15 is 0 Å². The van der Waals surface area contributed by atoms with Gasteiger partial charge in [-0.1, -0.05) is 13.0 Å². The van der Waals surface area contributed by atoms with Crippen molar-refractivity contribution < 1.29 is 49.4 Å². The number of ether oxygens (including phenoxy) is 1. The zero-order valence-corrected chi connectivity index (χ0v) is 24.3. The summed E-state index contributed by atoms with van der Waals surface area (Å²) in [4.78, 5) is 57.1. The molecule has 14 nitrogen and oxygen atoms in total. The van der Waals surface area contributed by atoms with E-state index in [4.69, 9.17) is 10.5 Å². The molecule has 3 aliphatic rings. The molecule has 0 fully saturated rings. The highest BCUT2D eigenvalue weighted by molar-refractivity contribution is 7.14. The first-order valence-corrected chi connectivity index (χ1v) is 14.1. The number of aromatic nitrogens is 1. The average Bonchev–Trinajstić information content (AvgIpc) is 3.40. The molecule has 43 heavy (non-hydrogen) atoms. The van der Waals surface area contributed by atoms with E-state index < -0.39 is 87.4 Å². The molecule has 228 valence electrons. The molecule has 0 unspecified atom stereocenters. The Balaban J connectivity index is 1.63. The van der Waals surface area contributed by atoms with Gasteiger partial charge in [-0.25, -0.2) is 9.78 Å². The summed E-state index contributed by atoms with van der Waals surface area (Å²) in [5, 5.41) is 61.6. The van der Waals surface area contributed by atoms with Crippen LogP contribution in [-0.4, -0.2) is 97.3 Å². The Morgan fingerprint density at radius 1 is 1.21 bits per heavy atom. The van der Waals surface area contributed by atoms with Gasteiger partial charge in [0.2, 0.25) is 5.78 Å². The molecular formula is C28H30N4O10S. The molecule has 0 bridgehead atoms. The summed E-state index contributed by atoms with van der Waals surface area (Å²) in [6.45, 7) is 3.44. The summed E-state index contributed by atoms with van der Waals surface area (Å²) < 4.78 is 4.93. The van der Waals surface area contributed by atoms with Crippen LogP contribution in [-0.2, 0) is 14.3 Å². The van der Waals surface area contributed by atoms with Crippen molar-refractivity contribution in [3.63, 3.8) is 0 Å². The molecular weight excluding hydrogens is 584 g/mol. The quantitative estimate of drug-likeness (QED) is 0.137. The molecule has 8 N–H and O–H groups in total. The van der Waals surface area contributed by atoms with E-state index in [2.05, 4.69) is 10.3 Å². The number of aliphatic hydroxyl groups excluding tert-OH is 3. The normalized spacial score (nSPS) is 28.4. The minimum atomic E-state index is -3.00. The number of esters is 1. The maximum Gasteiger partial charge on any atom is 0.357 e. The van der Waals surface area contributed by atoms with Crippen molar-refractivity contribution >= 4 is 45.6 Å². The molecule has 0 radical (unpaired) electrons. The molecule has 15 heteroatoms. The minimum absolute atomic E-state index is 0.0285. The number of hydrogen-bond acceptors (Lipinski definition) is 14. The lowest BCUT2D eigenvalue weighted by molar-refractivity contribution is -0.162. The third-order valence-corrected chi connectivity index (χ3v) is 9.12. The van der Waals surface area contributed by atoms with Crippen LogP contribution in [0.5, 0.6) is 5.75 Å². The maximum atomic E-state index is 14.0. The number of fused-ring (bicyclic) bond motifs is 3. The number of nitrogens with zero attached hydrogens (tertiary/aromatic N) is 2. The van der Waals surface area contributed by atoms with Crippen LogP contribution in [0, 0.1) is 11.8 Å². The topological polar surface area (TPSA) is 233 Å². The van der Waals surface area contributed by atoms with Gasteiger partial charge in [-0.3, -0.25) is 19.3 Å². The van der Waals surface area contributed by atoms with E-state index in [-0.39, 0.29) is 28.7 Å². The number of thiazole rings is 1. The largest absolute Gasteiger partial charge is 0.510 e. The summed E-state index contributed by atoms with van der Waals surface area (Å²) in [6.07, 6.45) is -1.69. The number of phenols is 1. The molecule has 3 aliphatic carbocycles. The fourth-order valence-corrected chi connectivity index (χ4v) is 7.16. The number of hydrogen-bond donors (Lipinski definition) is 7. The van der Waals surface area contributed by atoms with Crippen LogP contribution in [0.3, 0.4) is 0 Å². The summed E-state index contributed by atoms with van der Waals surface area (Å²) in [7, 11) is 2.93. The SMILES string of the molecule is CCOC(=O)c1csc(Nc2ccc3c(c2O)C(=O)C2=C(O)[C@]4(O)C(=O)C(C(N)=O)=C(O)[C@@H](N(C)C)[C@@H]4[C@@H](O)[C@@H]2[C@H]3C)n1. The number of aromatic hydroxyl groups is 1. The number of rotatable bonds is 6. The molecule has 0 spiro atoms. The lowest BCUT2D eigenvalue weighted by Crippen LogP contribution is -2.68. The number of ketones is 2. The van der Waals surface area contributed by atoms with E-state index in [9.17, 15) is 44.7 Å². The van der Waals surface area contributed by atoms with E-state index in [1.165, 1.54) is 30.4 Å². The second-order valence-electron chi connectivity index (χ2n) is 10.9. The Kier molecular flexibility index (Phi) is 7.33. The Hall–Kier alpha value is -4.31. The summed E-state index contributed by atoms with van der Waals surface area (Å²) in [5.41, 5.74) is 0.980. The molecule has 0 saturated heterocycles. The minimum Gasteiger partial charge on any atom is -0.510 e. The predicted octanol–water partition coefficient (Wildman–Crippen LogP) is 1.03.